The summed E-state index contributed by atoms with van der Waals surface area (Å²) in [5.74, 6) is -0.0428. The molecule has 0 aromatic carbocycles. The van der Waals surface area contributed by atoms with Gasteiger partial charge in [-0.05, 0) is 57.8 Å². The Kier molecular flexibility index (Phi) is 33.8. The van der Waals surface area contributed by atoms with E-state index >= 15 is 0 Å². The van der Waals surface area contributed by atoms with Gasteiger partial charge in [0.15, 0.2) is 0 Å². The van der Waals surface area contributed by atoms with Gasteiger partial charge < -0.3 is 5.73 Å². The number of primary amides is 1. The SMILES string of the molecule is CCCCCCC/C=C/C=C/C=C/C=C/CCCCCCCCCCCCC/C=C/CCC(CCCCCC)C(N)=O. The maximum absolute atomic E-state index is 11.6. The molecule has 0 heterocycles. The highest BCUT2D eigenvalue weighted by Crippen LogP contribution is 2.17. The van der Waals surface area contributed by atoms with Crippen molar-refractivity contribution in [3.05, 3.63) is 60.8 Å². The fourth-order valence-corrected chi connectivity index (χ4v) is 5.37. The molecule has 1 amide bonds. The third-order valence-electron chi connectivity index (χ3n) is 8.20. The minimum absolute atomic E-state index is 0.0662. The Morgan fingerprint density at radius 3 is 1.24 bits per heavy atom. The Morgan fingerprint density at radius 1 is 0.429 bits per heavy atom. The van der Waals surface area contributed by atoms with Crippen LogP contribution < -0.4 is 5.73 Å². The molecule has 242 valence electrons. The number of nitrogens with two attached hydrogens (primary N) is 1. The van der Waals surface area contributed by atoms with E-state index in [4.69, 9.17) is 5.73 Å². The van der Waals surface area contributed by atoms with Crippen LogP contribution in [-0.4, -0.2) is 5.91 Å². The van der Waals surface area contributed by atoms with Gasteiger partial charge in [0.05, 0.1) is 0 Å². The molecule has 1 atom stereocenters. The minimum Gasteiger partial charge on any atom is -0.369 e. The Labute approximate surface area is 263 Å². The van der Waals surface area contributed by atoms with E-state index in [1.54, 1.807) is 0 Å². The topological polar surface area (TPSA) is 43.1 Å². The highest BCUT2D eigenvalue weighted by Gasteiger charge is 2.13. The number of unbranched alkanes of at least 4 members (excludes halogenated alkanes) is 20. The van der Waals surface area contributed by atoms with Gasteiger partial charge in [-0.2, -0.15) is 0 Å². The second-order valence-electron chi connectivity index (χ2n) is 12.3. The summed E-state index contributed by atoms with van der Waals surface area (Å²) >= 11 is 0. The van der Waals surface area contributed by atoms with Gasteiger partial charge in [-0.15, -0.1) is 0 Å². The van der Waals surface area contributed by atoms with E-state index in [9.17, 15) is 4.79 Å². The fraction of sp³-hybridized carbons (Fsp3) is 0.725. The van der Waals surface area contributed by atoms with Gasteiger partial charge in [0.25, 0.3) is 0 Å². The first-order chi connectivity index (χ1) is 20.7. The zero-order chi connectivity index (χ0) is 30.6. The van der Waals surface area contributed by atoms with E-state index in [0.29, 0.717) is 0 Å². The Morgan fingerprint density at radius 2 is 0.786 bits per heavy atom. The van der Waals surface area contributed by atoms with Gasteiger partial charge in [-0.25, -0.2) is 0 Å². The van der Waals surface area contributed by atoms with E-state index in [1.807, 2.05) is 0 Å². The summed E-state index contributed by atoms with van der Waals surface area (Å²) < 4.78 is 0. The van der Waals surface area contributed by atoms with Crippen LogP contribution in [0.25, 0.3) is 0 Å². The van der Waals surface area contributed by atoms with Crippen molar-refractivity contribution in [3.8, 4) is 0 Å². The zero-order valence-corrected chi connectivity index (χ0v) is 28.2. The molecule has 0 rings (SSSR count). The largest absolute Gasteiger partial charge is 0.369 e. The predicted molar refractivity (Wildman–Crippen MR) is 190 cm³/mol. The molecule has 42 heavy (non-hydrogen) atoms. The van der Waals surface area contributed by atoms with Crippen LogP contribution in [0, 0.1) is 5.92 Å². The molecule has 0 spiro atoms. The van der Waals surface area contributed by atoms with Gasteiger partial charge in [0.1, 0.15) is 0 Å². The summed E-state index contributed by atoms with van der Waals surface area (Å²) in [6, 6.07) is 0. The van der Waals surface area contributed by atoms with Crippen LogP contribution in [0.15, 0.2) is 60.8 Å². The van der Waals surface area contributed by atoms with E-state index in [2.05, 4.69) is 74.6 Å². The molecule has 0 saturated carbocycles. The van der Waals surface area contributed by atoms with Crippen LogP contribution in [0.2, 0.25) is 0 Å². The van der Waals surface area contributed by atoms with Crippen molar-refractivity contribution in [1.82, 2.24) is 0 Å². The fourth-order valence-electron chi connectivity index (χ4n) is 5.37. The highest BCUT2D eigenvalue weighted by molar-refractivity contribution is 5.76. The van der Waals surface area contributed by atoms with Crippen LogP contribution in [0.1, 0.15) is 181 Å². The van der Waals surface area contributed by atoms with Gasteiger partial charge in [-0.1, -0.05) is 184 Å². The van der Waals surface area contributed by atoms with Crippen LogP contribution in [0.4, 0.5) is 0 Å². The molecule has 0 aliphatic rings. The second kappa shape index (κ2) is 35.4. The normalized spacial score (nSPS) is 13.2. The average molecular weight is 582 g/mol. The van der Waals surface area contributed by atoms with Gasteiger partial charge in [0, 0.05) is 5.92 Å². The third-order valence-corrected chi connectivity index (χ3v) is 8.20. The lowest BCUT2D eigenvalue weighted by molar-refractivity contribution is -0.122. The van der Waals surface area contributed by atoms with Gasteiger partial charge in [-0.3, -0.25) is 4.79 Å². The van der Waals surface area contributed by atoms with Crippen molar-refractivity contribution in [3.63, 3.8) is 0 Å². The van der Waals surface area contributed by atoms with E-state index in [0.717, 1.165) is 25.7 Å². The first-order valence-electron chi connectivity index (χ1n) is 18.3. The standard InChI is InChI=1S/C40H71NO/c1-3-5-7-9-10-11-12-13-14-15-16-17-18-19-20-21-22-23-24-25-26-27-28-29-30-31-32-33-34-36-38-39(40(41)42)37-35-8-6-4-2/h12-19,33-34,39H,3-11,20-32,35-38H2,1-2H3,(H2,41,42)/b13-12+,15-14+,17-16+,19-18+,34-33+. The maximum atomic E-state index is 11.6. The number of allylic oxidation sites excluding steroid dienone is 10. The first-order valence-corrected chi connectivity index (χ1v) is 18.3. The first kappa shape index (κ1) is 40.2. The van der Waals surface area contributed by atoms with Crippen molar-refractivity contribution in [1.29, 1.82) is 0 Å². The summed E-state index contributed by atoms with van der Waals surface area (Å²) in [6.07, 6.45) is 55.3. The molecular formula is C40H71NO. The quantitative estimate of drug-likeness (QED) is 0.0479. The summed E-state index contributed by atoms with van der Waals surface area (Å²) in [7, 11) is 0. The van der Waals surface area contributed by atoms with Crippen LogP contribution in [-0.2, 0) is 4.79 Å². The molecule has 0 aliphatic heterocycles. The van der Waals surface area contributed by atoms with Crippen LogP contribution in [0.3, 0.4) is 0 Å². The second-order valence-corrected chi connectivity index (χ2v) is 12.3. The molecule has 0 aromatic heterocycles. The van der Waals surface area contributed by atoms with Crippen molar-refractivity contribution in [2.24, 2.45) is 11.7 Å². The lowest BCUT2D eigenvalue weighted by Gasteiger charge is -2.11. The number of hydrogen-bond donors (Lipinski definition) is 1. The number of hydrogen-bond acceptors (Lipinski definition) is 1. The lowest BCUT2D eigenvalue weighted by Crippen LogP contribution is -2.23. The molecular weight excluding hydrogens is 510 g/mol. The van der Waals surface area contributed by atoms with Crippen molar-refractivity contribution >= 4 is 5.91 Å². The summed E-state index contributed by atoms with van der Waals surface area (Å²) in [4.78, 5) is 11.6. The van der Waals surface area contributed by atoms with Crippen molar-refractivity contribution in [2.45, 2.75) is 181 Å². The van der Waals surface area contributed by atoms with E-state index < -0.39 is 0 Å². The van der Waals surface area contributed by atoms with Crippen molar-refractivity contribution in [2.75, 3.05) is 0 Å². The molecule has 0 radical (unpaired) electrons. The smallest absolute Gasteiger partial charge is 0.220 e. The molecule has 0 fully saturated rings. The number of amides is 1. The summed E-state index contributed by atoms with van der Waals surface area (Å²) in [6.45, 7) is 4.49. The monoisotopic (exact) mass is 582 g/mol. The summed E-state index contributed by atoms with van der Waals surface area (Å²) in [5.41, 5.74) is 5.59. The Bertz CT molecular complexity index is 698. The van der Waals surface area contributed by atoms with Gasteiger partial charge in [0.2, 0.25) is 5.91 Å². The highest BCUT2D eigenvalue weighted by atomic mass is 16.1. The number of carbonyl (C=O) groups is 1. The van der Waals surface area contributed by atoms with Crippen molar-refractivity contribution < 1.29 is 4.79 Å². The average Bonchev–Trinajstić information content (AvgIpc) is 2.99. The number of rotatable bonds is 32. The zero-order valence-electron chi connectivity index (χ0n) is 28.2. The van der Waals surface area contributed by atoms with E-state index in [-0.39, 0.29) is 11.8 Å². The predicted octanol–water partition coefficient (Wildman–Crippen LogP) is 13.1. The Hall–Kier alpha value is -1.83. The maximum Gasteiger partial charge on any atom is 0.220 e. The molecule has 0 aliphatic carbocycles. The van der Waals surface area contributed by atoms with Crippen LogP contribution in [0.5, 0.6) is 0 Å². The lowest BCUT2D eigenvalue weighted by atomic mass is 9.95. The number of carbonyl (C=O) groups excluding carboxylic acids is 1. The molecule has 0 saturated heterocycles. The van der Waals surface area contributed by atoms with Crippen LogP contribution >= 0.6 is 0 Å². The molecule has 2 nitrogen and oxygen atoms in total. The van der Waals surface area contributed by atoms with Gasteiger partial charge >= 0.3 is 0 Å². The molecule has 2 heteroatoms. The third kappa shape index (κ3) is 32.7. The minimum atomic E-state index is -0.109. The Balaban J connectivity index is 3.42. The molecule has 1 unspecified atom stereocenters. The molecule has 0 bridgehead atoms. The van der Waals surface area contributed by atoms with E-state index in [1.165, 1.54) is 141 Å². The molecule has 0 aromatic rings. The summed E-state index contributed by atoms with van der Waals surface area (Å²) in [5, 5.41) is 0. The molecule has 2 N–H and O–H groups in total.